The molecule has 1 fully saturated rings. The van der Waals surface area contributed by atoms with E-state index in [4.69, 9.17) is 4.42 Å². The summed E-state index contributed by atoms with van der Waals surface area (Å²) in [5, 5.41) is 9.90. The molecule has 5 rings (SSSR count). The topological polar surface area (TPSA) is 99.4 Å². The zero-order chi connectivity index (χ0) is 20.8. The number of carbonyl (C=O) groups is 1. The molecular formula is C23H23N3O4. The lowest BCUT2D eigenvalue weighted by Gasteiger charge is -2.32. The highest BCUT2D eigenvalue weighted by atomic mass is 16.4. The lowest BCUT2D eigenvalue weighted by molar-refractivity contribution is 0.0715. The van der Waals surface area contributed by atoms with Crippen molar-refractivity contribution < 1.29 is 14.3 Å². The monoisotopic (exact) mass is 405 g/mol. The molecule has 154 valence electrons. The number of hydrogen-bond donors (Lipinski definition) is 2. The Labute approximate surface area is 173 Å². The van der Waals surface area contributed by atoms with Crippen LogP contribution in [0.2, 0.25) is 0 Å². The Bertz CT molecular complexity index is 1180. The predicted molar refractivity (Wildman–Crippen MR) is 110 cm³/mol. The van der Waals surface area contributed by atoms with Crippen molar-refractivity contribution in [3.05, 3.63) is 80.9 Å². The van der Waals surface area contributed by atoms with Crippen LogP contribution in [0.15, 0.2) is 45.9 Å². The second-order valence-electron chi connectivity index (χ2n) is 8.22. The third-order valence-corrected chi connectivity index (χ3v) is 6.28. The standard InChI is InChI=1S/C23H23N3O4/c1-13-8-19(14-4-2-5-14)30-23(29)20(13)22(28)26-10-17(15-6-3-7-16(27)9-15)21-18(11-26)24-12-25-21/h3,6-9,12,14,17,27H,2,4-5,10-11H2,1H3,(H,24,25). The van der Waals surface area contributed by atoms with Crippen molar-refractivity contribution in [3.63, 3.8) is 0 Å². The van der Waals surface area contributed by atoms with Gasteiger partial charge in [-0.25, -0.2) is 9.78 Å². The molecule has 0 radical (unpaired) electrons. The van der Waals surface area contributed by atoms with Gasteiger partial charge in [0.2, 0.25) is 0 Å². The van der Waals surface area contributed by atoms with Crippen LogP contribution in [0.5, 0.6) is 5.75 Å². The molecule has 1 aliphatic carbocycles. The molecule has 7 heteroatoms. The third kappa shape index (κ3) is 3.10. The van der Waals surface area contributed by atoms with Crippen LogP contribution in [-0.2, 0) is 6.54 Å². The summed E-state index contributed by atoms with van der Waals surface area (Å²) in [6, 6.07) is 8.82. The number of nitrogens with zero attached hydrogens (tertiary/aromatic N) is 2. The fourth-order valence-electron chi connectivity index (χ4n) is 4.42. The second-order valence-corrected chi connectivity index (χ2v) is 8.22. The van der Waals surface area contributed by atoms with Gasteiger partial charge in [-0.3, -0.25) is 4.79 Å². The number of rotatable bonds is 3. The van der Waals surface area contributed by atoms with Gasteiger partial charge in [0, 0.05) is 18.4 Å². The number of benzene rings is 1. The van der Waals surface area contributed by atoms with Crippen molar-refractivity contribution in [3.8, 4) is 5.75 Å². The Balaban J connectivity index is 1.49. The molecule has 1 unspecified atom stereocenters. The summed E-state index contributed by atoms with van der Waals surface area (Å²) >= 11 is 0. The highest BCUT2D eigenvalue weighted by Gasteiger charge is 2.34. The summed E-state index contributed by atoms with van der Waals surface area (Å²) in [6.45, 7) is 2.50. The fraction of sp³-hybridized carbons (Fsp3) is 0.348. The molecule has 1 saturated carbocycles. The molecule has 1 atom stereocenters. The first kappa shape index (κ1) is 18.7. The summed E-state index contributed by atoms with van der Waals surface area (Å²) < 4.78 is 5.53. The van der Waals surface area contributed by atoms with Crippen LogP contribution in [0.3, 0.4) is 0 Å². The second kappa shape index (κ2) is 7.16. The number of fused-ring (bicyclic) bond motifs is 1. The van der Waals surface area contributed by atoms with E-state index in [1.807, 2.05) is 12.1 Å². The lowest BCUT2D eigenvalue weighted by atomic mass is 9.83. The van der Waals surface area contributed by atoms with Crippen molar-refractivity contribution in [1.29, 1.82) is 0 Å². The quantitative estimate of drug-likeness (QED) is 0.695. The van der Waals surface area contributed by atoms with Gasteiger partial charge in [-0.1, -0.05) is 18.6 Å². The molecule has 3 aromatic rings. The summed E-state index contributed by atoms with van der Waals surface area (Å²) in [5.41, 5.74) is 2.74. The van der Waals surface area contributed by atoms with E-state index < -0.39 is 5.63 Å². The van der Waals surface area contributed by atoms with Gasteiger partial charge in [-0.2, -0.15) is 0 Å². The van der Waals surface area contributed by atoms with Gasteiger partial charge in [-0.15, -0.1) is 0 Å². The van der Waals surface area contributed by atoms with E-state index in [-0.39, 0.29) is 23.1 Å². The van der Waals surface area contributed by atoms with Gasteiger partial charge in [-0.05, 0) is 49.1 Å². The fourth-order valence-corrected chi connectivity index (χ4v) is 4.42. The Kier molecular flexibility index (Phi) is 4.46. The minimum absolute atomic E-state index is 0.0932. The van der Waals surface area contributed by atoms with Crippen LogP contribution in [0.1, 0.15) is 69.7 Å². The molecule has 0 spiro atoms. The van der Waals surface area contributed by atoms with Crippen LogP contribution in [-0.4, -0.2) is 32.4 Å². The van der Waals surface area contributed by atoms with Crippen molar-refractivity contribution in [2.45, 2.75) is 44.6 Å². The maximum atomic E-state index is 13.4. The Morgan fingerprint density at radius 3 is 2.83 bits per heavy atom. The van der Waals surface area contributed by atoms with E-state index in [9.17, 15) is 14.7 Å². The van der Waals surface area contributed by atoms with E-state index >= 15 is 0 Å². The first-order valence-corrected chi connectivity index (χ1v) is 10.3. The van der Waals surface area contributed by atoms with Gasteiger partial charge in [0.25, 0.3) is 5.91 Å². The van der Waals surface area contributed by atoms with Crippen LogP contribution >= 0.6 is 0 Å². The Morgan fingerprint density at radius 2 is 2.13 bits per heavy atom. The van der Waals surface area contributed by atoms with Crippen molar-refractivity contribution in [2.75, 3.05) is 6.54 Å². The number of aromatic amines is 1. The van der Waals surface area contributed by atoms with Gasteiger partial charge < -0.3 is 19.4 Å². The van der Waals surface area contributed by atoms with Crippen molar-refractivity contribution >= 4 is 5.91 Å². The molecule has 30 heavy (non-hydrogen) atoms. The molecule has 1 aliphatic heterocycles. The van der Waals surface area contributed by atoms with Crippen LogP contribution in [0.4, 0.5) is 0 Å². The Hall–Kier alpha value is -3.35. The number of phenols is 1. The number of aromatic hydroxyl groups is 1. The van der Waals surface area contributed by atoms with Crippen molar-refractivity contribution in [2.24, 2.45) is 0 Å². The average molecular weight is 405 g/mol. The van der Waals surface area contributed by atoms with E-state index in [0.717, 1.165) is 36.2 Å². The molecule has 2 N–H and O–H groups in total. The normalized spacial score (nSPS) is 18.7. The highest BCUT2D eigenvalue weighted by molar-refractivity contribution is 5.95. The first-order valence-electron chi connectivity index (χ1n) is 10.3. The maximum Gasteiger partial charge on any atom is 0.349 e. The summed E-state index contributed by atoms with van der Waals surface area (Å²) in [4.78, 5) is 35.3. The number of amides is 1. The van der Waals surface area contributed by atoms with Gasteiger partial charge in [0.15, 0.2) is 0 Å². The average Bonchev–Trinajstić information content (AvgIpc) is 3.14. The van der Waals surface area contributed by atoms with Gasteiger partial charge in [0.05, 0.1) is 24.3 Å². The number of nitrogens with one attached hydrogen (secondary N) is 1. The van der Waals surface area contributed by atoms with Gasteiger partial charge in [0.1, 0.15) is 17.1 Å². The number of carbonyl (C=O) groups excluding carboxylic acids is 1. The zero-order valence-electron chi connectivity index (χ0n) is 16.7. The van der Waals surface area contributed by atoms with E-state index in [0.29, 0.717) is 30.3 Å². The van der Waals surface area contributed by atoms with E-state index in [1.165, 1.54) is 0 Å². The van der Waals surface area contributed by atoms with E-state index in [2.05, 4.69) is 9.97 Å². The highest BCUT2D eigenvalue weighted by Crippen LogP contribution is 2.37. The molecule has 7 nitrogen and oxygen atoms in total. The first-order chi connectivity index (χ1) is 14.5. The van der Waals surface area contributed by atoms with Crippen LogP contribution in [0.25, 0.3) is 0 Å². The van der Waals surface area contributed by atoms with E-state index in [1.54, 1.807) is 36.4 Å². The number of hydrogen-bond acceptors (Lipinski definition) is 5. The Morgan fingerprint density at radius 1 is 1.30 bits per heavy atom. The summed E-state index contributed by atoms with van der Waals surface area (Å²) in [6.07, 6.45) is 4.80. The number of imidazole rings is 1. The molecule has 0 saturated heterocycles. The molecule has 1 amide bonds. The summed E-state index contributed by atoms with van der Waals surface area (Å²) in [7, 11) is 0. The largest absolute Gasteiger partial charge is 0.508 e. The lowest BCUT2D eigenvalue weighted by Crippen LogP contribution is -2.41. The molecule has 1 aromatic carbocycles. The minimum atomic E-state index is -0.564. The predicted octanol–water partition coefficient (Wildman–Crippen LogP) is 3.43. The number of aryl methyl sites for hydroxylation is 1. The van der Waals surface area contributed by atoms with Crippen molar-refractivity contribution in [1.82, 2.24) is 14.9 Å². The number of aromatic nitrogens is 2. The smallest absolute Gasteiger partial charge is 0.349 e. The minimum Gasteiger partial charge on any atom is -0.508 e. The van der Waals surface area contributed by atoms with Gasteiger partial charge >= 0.3 is 5.63 Å². The number of phenolic OH excluding ortho intramolecular Hbond substituents is 1. The summed E-state index contributed by atoms with van der Waals surface area (Å²) in [5.74, 6) is 0.603. The zero-order valence-corrected chi connectivity index (χ0v) is 16.7. The maximum absolute atomic E-state index is 13.4. The molecule has 2 aliphatic rings. The SMILES string of the molecule is Cc1cc(C2CCC2)oc(=O)c1C(=O)N1Cc2[nH]cnc2C(c2cccc(O)c2)C1. The molecule has 3 heterocycles. The molecule has 2 aromatic heterocycles. The van der Waals surface area contributed by atoms with Crippen LogP contribution < -0.4 is 5.63 Å². The molecular weight excluding hydrogens is 382 g/mol. The van der Waals surface area contributed by atoms with Crippen LogP contribution in [0, 0.1) is 6.92 Å². The molecule has 0 bridgehead atoms. The third-order valence-electron chi connectivity index (χ3n) is 6.28. The number of H-pyrrole nitrogens is 1.